The third-order valence-electron chi connectivity index (χ3n) is 2.71. The molecule has 0 radical (unpaired) electrons. The zero-order valence-corrected chi connectivity index (χ0v) is 10.5. The van der Waals surface area contributed by atoms with Gasteiger partial charge in [-0.15, -0.1) is 0 Å². The third-order valence-corrected chi connectivity index (χ3v) is 3.81. The van der Waals surface area contributed by atoms with Gasteiger partial charge < -0.3 is 5.11 Å². The maximum absolute atomic E-state index is 11.9. The summed E-state index contributed by atoms with van der Waals surface area (Å²) in [7, 11) is 0. The number of hydrogen-bond donors (Lipinski definition) is 1. The Labute approximate surface area is 103 Å². The molecule has 0 aromatic carbocycles. The van der Waals surface area contributed by atoms with E-state index in [1.165, 1.54) is 22.4 Å². The van der Waals surface area contributed by atoms with Crippen LogP contribution >= 0.6 is 11.8 Å². The summed E-state index contributed by atoms with van der Waals surface area (Å²) in [6.45, 7) is 3.96. The quantitative estimate of drug-likeness (QED) is 0.827. The second-order valence-electron chi connectivity index (χ2n) is 4.39. The number of hydrogen-bond acceptors (Lipinski definition) is 4. The fraction of sp³-hybridized carbons (Fsp3) is 0.545. The largest absolute Gasteiger partial charge is 0.481 e. The first-order chi connectivity index (χ1) is 7.99. The predicted molar refractivity (Wildman–Crippen MR) is 64.6 cm³/mol. The van der Waals surface area contributed by atoms with Gasteiger partial charge in [-0.1, -0.05) is 25.6 Å². The van der Waals surface area contributed by atoms with Crippen molar-refractivity contribution in [1.82, 2.24) is 9.55 Å². The second-order valence-corrected chi connectivity index (χ2v) is 5.38. The molecule has 6 heteroatoms. The predicted octanol–water partition coefficient (Wildman–Crippen LogP) is 1.49. The van der Waals surface area contributed by atoms with Crippen LogP contribution in [-0.4, -0.2) is 26.4 Å². The van der Waals surface area contributed by atoms with Gasteiger partial charge in [-0.05, 0) is 5.92 Å². The lowest BCUT2D eigenvalue weighted by molar-refractivity contribution is -0.137. The topological polar surface area (TPSA) is 72.2 Å². The molecule has 0 fully saturated rings. The molecule has 2 rings (SSSR count). The van der Waals surface area contributed by atoms with E-state index in [9.17, 15) is 9.59 Å². The molecule has 1 unspecified atom stereocenters. The minimum Gasteiger partial charge on any atom is -0.481 e. The van der Waals surface area contributed by atoms with Gasteiger partial charge in [0, 0.05) is 11.8 Å². The SMILES string of the molecule is CC(C)c1cc(=O)n2c(n1)SCC2CC(=O)O. The highest BCUT2D eigenvalue weighted by atomic mass is 32.2. The molecule has 92 valence electrons. The van der Waals surface area contributed by atoms with E-state index in [1.54, 1.807) is 0 Å². The van der Waals surface area contributed by atoms with Crippen LogP contribution < -0.4 is 5.56 Å². The lowest BCUT2D eigenvalue weighted by Gasteiger charge is -2.12. The number of thioether (sulfide) groups is 1. The lowest BCUT2D eigenvalue weighted by atomic mass is 10.1. The molecular weight excluding hydrogens is 240 g/mol. The van der Waals surface area contributed by atoms with Crippen LogP contribution in [0.25, 0.3) is 0 Å². The van der Waals surface area contributed by atoms with Crippen LogP contribution in [0.5, 0.6) is 0 Å². The number of rotatable bonds is 3. The molecule has 5 nitrogen and oxygen atoms in total. The average Bonchev–Trinajstić information content (AvgIpc) is 2.60. The van der Waals surface area contributed by atoms with E-state index in [0.717, 1.165) is 5.69 Å². The van der Waals surface area contributed by atoms with Crippen molar-refractivity contribution in [3.05, 3.63) is 22.1 Å². The number of carboxylic acid groups (broad SMARTS) is 1. The summed E-state index contributed by atoms with van der Waals surface area (Å²) in [6, 6.07) is 1.24. The molecule has 1 aliphatic heterocycles. The molecule has 0 spiro atoms. The van der Waals surface area contributed by atoms with E-state index in [4.69, 9.17) is 5.11 Å². The minimum atomic E-state index is -0.886. The van der Waals surface area contributed by atoms with Crippen LogP contribution in [-0.2, 0) is 4.79 Å². The molecule has 17 heavy (non-hydrogen) atoms. The summed E-state index contributed by atoms with van der Waals surface area (Å²) in [5, 5.41) is 9.43. The fourth-order valence-corrected chi connectivity index (χ4v) is 2.97. The van der Waals surface area contributed by atoms with Crippen molar-refractivity contribution in [2.45, 2.75) is 37.4 Å². The zero-order valence-electron chi connectivity index (χ0n) is 9.71. The Morgan fingerprint density at radius 1 is 1.71 bits per heavy atom. The Hall–Kier alpha value is -1.30. The summed E-state index contributed by atoms with van der Waals surface area (Å²) >= 11 is 1.45. The summed E-state index contributed by atoms with van der Waals surface area (Å²) in [6.07, 6.45) is -0.0252. The molecule has 0 bridgehead atoms. The molecule has 1 atom stereocenters. The first-order valence-electron chi connectivity index (χ1n) is 5.47. The maximum Gasteiger partial charge on any atom is 0.305 e. The smallest absolute Gasteiger partial charge is 0.305 e. The first kappa shape index (κ1) is 12.2. The molecule has 1 aromatic rings. The van der Waals surface area contributed by atoms with Crippen molar-refractivity contribution in [3.8, 4) is 0 Å². The monoisotopic (exact) mass is 254 g/mol. The van der Waals surface area contributed by atoms with Crippen molar-refractivity contribution in [3.63, 3.8) is 0 Å². The number of fused-ring (bicyclic) bond motifs is 1. The Kier molecular flexibility index (Phi) is 3.24. The Morgan fingerprint density at radius 2 is 2.41 bits per heavy atom. The second kappa shape index (κ2) is 4.52. The van der Waals surface area contributed by atoms with E-state index in [-0.39, 0.29) is 23.9 Å². The van der Waals surface area contributed by atoms with E-state index in [0.29, 0.717) is 10.9 Å². The van der Waals surface area contributed by atoms with Gasteiger partial charge in [0.2, 0.25) is 0 Å². The molecule has 0 saturated carbocycles. The molecule has 1 aliphatic rings. The van der Waals surface area contributed by atoms with Crippen LogP contribution in [0.4, 0.5) is 0 Å². The fourth-order valence-electron chi connectivity index (χ4n) is 1.82. The van der Waals surface area contributed by atoms with Gasteiger partial charge in [-0.3, -0.25) is 14.2 Å². The normalized spacial score (nSPS) is 18.4. The molecule has 2 heterocycles. The Bertz CT molecular complexity index is 510. The number of nitrogens with zero attached hydrogens (tertiary/aromatic N) is 2. The summed E-state index contributed by atoms with van der Waals surface area (Å²) in [5.74, 6) is -0.0770. The highest BCUT2D eigenvalue weighted by Gasteiger charge is 2.27. The standard InChI is InChI=1S/C11H14N2O3S/c1-6(2)8-4-9(14)13-7(3-10(15)16)5-17-11(13)12-8/h4,6-7H,3,5H2,1-2H3,(H,15,16). The summed E-state index contributed by atoms with van der Waals surface area (Å²) in [4.78, 5) is 27.1. The summed E-state index contributed by atoms with van der Waals surface area (Å²) < 4.78 is 1.50. The van der Waals surface area contributed by atoms with E-state index < -0.39 is 5.97 Å². The number of aliphatic carboxylic acids is 1. The van der Waals surface area contributed by atoms with Crippen LogP contribution in [0.1, 0.15) is 37.9 Å². The number of aromatic nitrogens is 2. The highest BCUT2D eigenvalue weighted by Crippen LogP contribution is 2.32. The van der Waals surface area contributed by atoms with Gasteiger partial charge in [0.15, 0.2) is 5.16 Å². The van der Waals surface area contributed by atoms with Crippen LogP contribution in [0.3, 0.4) is 0 Å². The van der Waals surface area contributed by atoms with Crippen molar-refractivity contribution in [2.75, 3.05) is 5.75 Å². The Morgan fingerprint density at radius 3 is 3.00 bits per heavy atom. The molecule has 0 amide bonds. The molecule has 0 saturated heterocycles. The molecular formula is C11H14N2O3S. The van der Waals surface area contributed by atoms with Gasteiger partial charge >= 0.3 is 5.97 Å². The maximum atomic E-state index is 11.9. The van der Waals surface area contributed by atoms with Crippen molar-refractivity contribution >= 4 is 17.7 Å². The van der Waals surface area contributed by atoms with E-state index in [1.807, 2.05) is 13.8 Å². The summed E-state index contributed by atoms with van der Waals surface area (Å²) in [5.41, 5.74) is 0.625. The van der Waals surface area contributed by atoms with Crippen LogP contribution in [0.2, 0.25) is 0 Å². The van der Waals surface area contributed by atoms with Crippen LogP contribution in [0, 0.1) is 0 Å². The van der Waals surface area contributed by atoms with Gasteiger partial charge in [0.1, 0.15) is 0 Å². The first-order valence-corrected chi connectivity index (χ1v) is 6.45. The van der Waals surface area contributed by atoms with Crippen molar-refractivity contribution in [1.29, 1.82) is 0 Å². The Balaban J connectivity index is 2.41. The molecule has 0 aliphatic carbocycles. The molecule has 1 N–H and O–H groups in total. The van der Waals surface area contributed by atoms with Crippen LogP contribution in [0.15, 0.2) is 16.0 Å². The lowest BCUT2D eigenvalue weighted by Crippen LogP contribution is -2.26. The van der Waals surface area contributed by atoms with Crippen molar-refractivity contribution in [2.24, 2.45) is 0 Å². The van der Waals surface area contributed by atoms with Crippen molar-refractivity contribution < 1.29 is 9.90 Å². The molecule has 1 aromatic heterocycles. The number of carbonyl (C=O) groups is 1. The van der Waals surface area contributed by atoms with Gasteiger partial charge in [-0.2, -0.15) is 0 Å². The number of carboxylic acids is 1. The minimum absolute atomic E-state index is 0.0252. The van der Waals surface area contributed by atoms with Gasteiger partial charge in [0.05, 0.1) is 18.2 Å². The van der Waals surface area contributed by atoms with Gasteiger partial charge in [0.25, 0.3) is 5.56 Å². The van der Waals surface area contributed by atoms with E-state index >= 15 is 0 Å². The highest BCUT2D eigenvalue weighted by molar-refractivity contribution is 7.99. The average molecular weight is 254 g/mol. The third kappa shape index (κ3) is 2.36. The zero-order chi connectivity index (χ0) is 12.6. The van der Waals surface area contributed by atoms with Gasteiger partial charge in [-0.25, -0.2) is 4.98 Å². The van der Waals surface area contributed by atoms with E-state index in [2.05, 4.69) is 4.98 Å².